The van der Waals surface area contributed by atoms with Gasteiger partial charge in [0.2, 0.25) is 0 Å². The highest BCUT2D eigenvalue weighted by molar-refractivity contribution is 5.87. The Balaban J connectivity index is 2.08. The van der Waals surface area contributed by atoms with E-state index in [1.807, 2.05) is 67.6 Å². The van der Waals surface area contributed by atoms with Crippen molar-refractivity contribution in [1.82, 2.24) is 4.90 Å². The van der Waals surface area contributed by atoms with Gasteiger partial charge in [-0.15, -0.1) is 0 Å². The number of benzene rings is 2. The molecule has 1 saturated heterocycles. The highest BCUT2D eigenvalue weighted by Crippen LogP contribution is 2.40. The van der Waals surface area contributed by atoms with Crippen LogP contribution >= 0.6 is 0 Å². The van der Waals surface area contributed by atoms with E-state index in [0.29, 0.717) is 13.0 Å². The van der Waals surface area contributed by atoms with Crippen LogP contribution in [0.3, 0.4) is 0 Å². The first-order chi connectivity index (χ1) is 13.6. The van der Waals surface area contributed by atoms with Gasteiger partial charge in [-0.3, -0.25) is 14.5 Å². The summed E-state index contributed by atoms with van der Waals surface area (Å²) >= 11 is 0. The van der Waals surface area contributed by atoms with E-state index in [4.69, 9.17) is 9.47 Å². The number of esters is 2. The smallest absolute Gasteiger partial charge is 0.327 e. The monoisotopic (exact) mass is 381 g/mol. The molecule has 1 aliphatic rings. The molecule has 0 N–H and O–H groups in total. The van der Waals surface area contributed by atoms with E-state index in [0.717, 1.165) is 17.5 Å². The van der Waals surface area contributed by atoms with Crippen LogP contribution in [0.2, 0.25) is 0 Å². The summed E-state index contributed by atoms with van der Waals surface area (Å²) in [5.74, 6) is -0.750. The summed E-state index contributed by atoms with van der Waals surface area (Å²) in [4.78, 5) is 27.5. The molecule has 0 radical (unpaired) electrons. The van der Waals surface area contributed by atoms with Gasteiger partial charge in [0.05, 0.1) is 19.6 Å². The van der Waals surface area contributed by atoms with Gasteiger partial charge in [0.25, 0.3) is 0 Å². The fourth-order valence-electron chi connectivity index (χ4n) is 4.02. The van der Waals surface area contributed by atoms with E-state index in [9.17, 15) is 9.59 Å². The molecule has 5 heteroatoms. The van der Waals surface area contributed by atoms with Crippen LogP contribution in [0.4, 0.5) is 0 Å². The number of rotatable bonds is 7. The first kappa shape index (κ1) is 20.1. The summed E-state index contributed by atoms with van der Waals surface area (Å²) < 4.78 is 10.6. The van der Waals surface area contributed by atoms with Gasteiger partial charge in [-0.25, -0.2) is 0 Å². The fourth-order valence-corrected chi connectivity index (χ4v) is 4.02. The molecule has 3 rings (SSSR count). The maximum atomic E-state index is 13.1. The fraction of sp³-hybridized carbons (Fsp3) is 0.391. The van der Waals surface area contributed by atoms with Gasteiger partial charge in [0, 0.05) is 6.54 Å². The van der Waals surface area contributed by atoms with E-state index < -0.39 is 11.5 Å². The van der Waals surface area contributed by atoms with Gasteiger partial charge in [0.15, 0.2) is 0 Å². The molecule has 1 fully saturated rings. The zero-order valence-corrected chi connectivity index (χ0v) is 16.5. The second-order valence-electron chi connectivity index (χ2n) is 7.17. The predicted octanol–water partition coefficient (Wildman–Crippen LogP) is 3.89. The predicted molar refractivity (Wildman–Crippen MR) is 106 cm³/mol. The number of cyclic esters (lactones) is 1. The molecular formula is C23H27NO4. The molecule has 0 aliphatic carbocycles. The zero-order chi connectivity index (χ0) is 20.0. The number of hydrogen-bond acceptors (Lipinski definition) is 5. The minimum atomic E-state index is -1.05. The SMILES string of the molecule is CCC[C@@]1(CC(=O)OC)C(=O)OC[C@@H](c2ccccc2)N1Cc1ccccc1. The summed E-state index contributed by atoms with van der Waals surface area (Å²) in [5, 5.41) is 0. The van der Waals surface area contributed by atoms with Gasteiger partial charge in [-0.2, -0.15) is 0 Å². The van der Waals surface area contributed by atoms with Crippen molar-refractivity contribution in [2.24, 2.45) is 0 Å². The molecule has 0 spiro atoms. The molecule has 0 saturated carbocycles. The number of ether oxygens (including phenoxy) is 2. The third kappa shape index (κ3) is 4.09. The van der Waals surface area contributed by atoms with Gasteiger partial charge < -0.3 is 9.47 Å². The number of nitrogens with zero attached hydrogens (tertiary/aromatic N) is 1. The van der Waals surface area contributed by atoms with Crippen LogP contribution in [0, 0.1) is 0 Å². The second-order valence-corrected chi connectivity index (χ2v) is 7.17. The Morgan fingerprint density at radius 2 is 1.79 bits per heavy atom. The lowest BCUT2D eigenvalue weighted by molar-refractivity contribution is -0.183. The van der Waals surface area contributed by atoms with Gasteiger partial charge in [-0.1, -0.05) is 74.0 Å². The van der Waals surface area contributed by atoms with Crippen molar-refractivity contribution >= 4 is 11.9 Å². The first-order valence-corrected chi connectivity index (χ1v) is 9.70. The average Bonchev–Trinajstić information content (AvgIpc) is 2.73. The van der Waals surface area contributed by atoms with E-state index in [1.165, 1.54) is 7.11 Å². The number of carbonyl (C=O) groups excluding carboxylic acids is 2. The highest BCUT2D eigenvalue weighted by Gasteiger charge is 2.52. The summed E-state index contributed by atoms with van der Waals surface area (Å²) in [6.07, 6.45) is 1.25. The minimum Gasteiger partial charge on any atom is -0.469 e. The summed E-state index contributed by atoms with van der Waals surface area (Å²) in [6, 6.07) is 19.9. The van der Waals surface area contributed by atoms with Gasteiger partial charge >= 0.3 is 11.9 Å². The quantitative estimate of drug-likeness (QED) is 0.681. The second kappa shape index (κ2) is 9.02. The normalized spacial score (nSPS) is 22.5. The molecule has 148 valence electrons. The Hall–Kier alpha value is -2.66. The summed E-state index contributed by atoms with van der Waals surface area (Å²) in [6.45, 7) is 2.83. The van der Waals surface area contributed by atoms with Crippen molar-refractivity contribution in [2.75, 3.05) is 13.7 Å². The van der Waals surface area contributed by atoms with E-state index >= 15 is 0 Å². The molecule has 2 atom stereocenters. The average molecular weight is 381 g/mol. The standard InChI is InChI=1S/C23H27NO4/c1-3-14-23(15-21(25)27-2)22(26)28-17-20(19-12-8-5-9-13-19)24(23)16-18-10-6-4-7-11-18/h4-13,20H,3,14-17H2,1-2H3/t20-,23+/m0/s1. The molecule has 2 aromatic rings. The van der Waals surface area contributed by atoms with Gasteiger partial charge in [0.1, 0.15) is 12.1 Å². The van der Waals surface area contributed by atoms with Crippen molar-refractivity contribution in [2.45, 2.75) is 44.3 Å². The first-order valence-electron chi connectivity index (χ1n) is 9.70. The third-order valence-electron chi connectivity index (χ3n) is 5.39. The topological polar surface area (TPSA) is 55.8 Å². The molecule has 0 aromatic heterocycles. The molecule has 5 nitrogen and oxygen atoms in total. The van der Waals surface area contributed by atoms with Crippen LogP contribution in [0.15, 0.2) is 60.7 Å². The third-order valence-corrected chi connectivity index (χ3v) is 5.39. The van der Waals surface area contributed by atoms with Crippen molar-refractivity contribution in [3.05, 3.63) is 71.8 Å². The molecule has 2 aromatic carbocycles. The number of morpholine rings is 1. The molecular weight excluding hydrogens is 354 g/mol. The lowest BCUT2D eigenvalue weighted by atomic mass is 9.83. The highest BCUT2D eigenvalue weighted by atomic mass is 16.5. The van der Waals surface area contributed by atoms with Crippen LogP contribution in [-0.4, -0.2) is 36.1 Å². The van der Waals surface area contributed by atoms with E-state index in [1.54, 1.807) is 0 Å². The maximum Gasteiger partial charge on any atom is 0.327 e. The van der Waals surface area contributed by atoms with Crippen molar-refractivity contribution in [3.8, 4) is 0 Å². The molecule has 0 bridgehead atoms. The maximum absolute atomic E-state index is 13.1. The molecule has 1 aliphatic heterocycles. The molecule has 28 heavy (non-hydrogen) atoms. The van der Waals surface area contributed by atoms with E-state index in [-0.39, 0.29) is 25.0 Å². The molecule has 1 heterocycles. The summed E-state index contributed by atoms with van der Waals surface area (Å²) in [7, 11) is 1.35. The Kier molecular flexibility index (Phi) is 6.47. The van der Waals surface area contributed by atoms with Gasteiger partial charge in [-0.05, 0) is 17.5 Å². The zero-order valence-electron chi connectivity index (χ0n) is 16.5. The van der Waals surface area contributed by atoms with Crippen molar-refractivity contribution in [1.29, 1.82) is 0 Å². The molecule has 0 unspecified atom stereocenters. The van der Waals surface area contributed by atoms with Crippen LogP contribution in [0.25, 0.3) is 0 Å². The van der Waals surface area contributed by atoms with Crippen molar-refractivity contribution < 1.29 is 19.1 Å². The Labute approximate surface area is 166 Å². The number of hydrogen-bond donors (Lipinski definition) is 0. The van der Waals surface area contributed by atoms with Crippen LogP contribution in [0.5, 0.6) is 0 Å². The summed E-state index contributed by atoms with van der Waals surface area (Å²) in [5.41, 5.74) is 1.11. The largest absolute Gasteiger partial charge is 0.469 e. The number of methoxy groups -OCH3 is 1. The lowest BCUT2D eigenvalue weighted by Crippen LogP contribution is -2.61. The van der Waals surface area contributed by atoms with Crippen LogP contribution in [0.1, 0.15) is 43.4 Å². The lowest BCUT2D eigenvalue weighted by Gasteiger charge is -2.49. The Bertz CT molecular complexity index is 793. The van der Waals surface area contributed by atoms with Crippen LogP contribution < -0.4 is 0 Å². The van der Waals surface area contributed by atoms with E-state index in [2.05, 4.69) is 4.90 Å². The van der Waals surface area contributed by atoms with Crippen LogP contribution in [-0.2, 0) is 25.6 Å². The van der Waals surface area contributed by atoms with Crippen molar-refractivity contribution in [3.63, 3.8) is 0 Å². The minimum absolute atomic E-state index is 0.0215. The molecule has 0 amide bonds. The Morgan fingerprint density at radius 1 is 1.14 bits per heavy atom. The Morgan fingerprint density at radius 3 is 2.39 bits per heavy atom. The number of carbonyl (C=O) groups is 2.